The molecule has 2 unspecified atom stereocenters. The summed E-state index contributed by atoms with van der Waals surface area (Å²) in [7, 11) is -2.06. The van der Waals surface area contributed by atoms with Crippen molar-refractivity contribution in [1.29, 1.82) is 0 Å². The number of piperazine rings is 1. The Morgan fingerprint density at radius 1 is 1.36 bits per heavy atom. The van der Waals surface area contributed by atoms with Gasteiger partial charge in [-0.2, -0.15) is 4.31 Å². The highest BCUT2D eigenvalue weighted by molar-refractivity contribution is 7.89. The van der Waals surface area contributed by atoms with Gasteiger partial charge < -0.3 is 10.1 Å². The fourth-order valence-corrected chi connectivity index (χ4v) is 4.81. The highest BCUT2D eigenvalue weighted by atomic mass is 35.5. The molecule has 22 heavy (non-hydrogen) atoms. The van der Waals surface area contributed by atoms with Crippen LogP contribution in [0.3, 0.4) is 0 Å². The number of nitrogens with zero attached hydrogens (tertiary/aromatic N) is 1. The molecule has 1 aliphatic rings. The zero-order valence-electron chi connectivity index (χ0n) is 13.1. The lowest BCUT2D eigenvalue weighted by atomic mass is 10.1. The summed E-state index contributed by atoms with van der Waals surface area (Å²) in [6.07, 6.45) is 0. The number of halogens is 2. The van der Waals surface area contributed by atoms with E-state index in [0.29, 0.717) is 29.4 Å². The SMILES string of the molecule is COc1cc(C)c(S(=O)(=O)N2CCNC(C)C2C)cc1Cl.Cl. The highest BCUT2D eigenvalue weighted by Gasteiger charge is 2.35. The molecule has 126 valence electrons. The van der Waals surface area contributed by atoms with E-state index >= 15 is 0 Å². The van der Waals surface area contributed by atoms with Gasteiger partial charge in [0.25, 0.3) is 0 Å². The lowest BCUT2D eigenvalue weighted by Crippen LogP contribution is -2.57. The van der Waals surface area contributed by atoms with E-state index in [2.05, 4.69) is 5.32 Å². The van der Waals surface area contributed by atoms with Gasteiger partial charge >= 0.3 is 0 Å². The lowest BCUT2D eigenvalue weighted by Gasteiger charge is -2.37. The molecular formula is C14H22Cl2N2O3S. The summed E-state index contributed by atoms with van der Waals surface area (Å²) >= 11 is 6.09. The summed E-state index contributed by atoms with van der Waals surface area (Å²) in [4.78, 5) is 0.245. The quantitative estimate of drug-likeness (QED) is 0.889. The van der Waals surface area contributed by atoms with Crippen LogP contribution in [0.15, 0.2) is 17.0 Å². The molecule has 1 heterocycles. The third kappa shape index (κ3) is 3.51. The second-order valence-electron chi connectivity index (χ2n) is 5.35. The minimum absolute atomic E-state index is 0. The van der Waals surface area contributed by atoms with E-state index < -0.39 is 10.0 Å². The number of ether oxygens (including phenoxy) is 1. The standard InChI is InChI=1S/C14H21ClN2O3S.ClH/c1-9-7-13(20-4)12(15)8-14(9)21(18,19)17-6-5-16-10(2)11(17)3;/h7-8,10-11,16H,5-6H2,1-4H3;1H. The number of rotatable bonds is 3. The normalized spacial score (nSPS) is 23.0. The van der Waals surface area contributed by atoms with Crippen molar-refractivity contribution in [3.05, 3.63) is 22.7 Å². The monoisotopic (exact) mass is 368 g/mol. The molecule has 0 radical (unpaired) electrons. The highest BCUT2D eigenvalue weighted by Crippen LogP contribution is 2.32. The average Bonchev–Trinajstić information content (AvgIpc) is 2.43. The largest absolute Gasteiger partial charge is 0.495 e. The molecule has 0 aliphatic carbocycles. The minimum Gasteiger partial charge on any atom is -0.495 e. The topological polar surface area (TPSA) is 58.6 Å². The van der Waals surface area contributed by atoms with Crippen LogP contribution >= 0.6 is 24.0 Å². The molecule has 0 spiro atoms. The predicted molar refractivity (Wildman–Crippen MR) is 90.8 cm³/mol. The molecule has 0 aromatic heterocycles. The van der Waals surface area contributed by atoms with E-state index in [1.807, 2.05) is 13.8 Å². The van der Waals surface area contributed by atoms with Gasteiger partial charge in [0.1, 0.15) is 5.75 Å². The summed E-state index contributed by atoms with van der Waals surface area (Å²) in [6.45, 7) is 6.75. The van der Waals surface area contributed by atoms with Gasteiger partial charge in [0, 0.05) is 25.2 Å². The Balaban J connectivity index is 0.00000242. The van der Waals surface area contributed by atoms with Gasteiger partial charge in [0.05, 0.1) is 17.0 Å². The molecule has 1 saturated heterocycles. The van der Waals surface area contributed by atoms with E-state index in [1.54, 1.807) is 17.3 Å². The molecule has 2 atom stereocenters. The lowest BCUT2D eigenvalue weighted by molar-refractivity contribution is 0.232. The van der Waals surface area contributed by atoms with Crippen LogP contribution in [0.5, 0.6) is 5.75 Å². The van der Waals surface area contributed by atoms with Gasteiger partial charge in [-0.3, -0.25) is 0 Å². The summed E-state index contributed by atoms with van der Waals surface area (Å²) in [5.74, 6) is 0.481. The van der Waals surface area contributed by atoms with Crippen molar-refractivity contribution in [3.63, 3.8) is 0 Å². The smallest absolute Gasteiger partial charge is 0.243 e. The molecule has 0 bridgehead atoms. The Hall–Kier alpha value is -0.530. The first-order valence-electron chi connectivity index (χ1n) is 6.88. The second-order valence-corrected chi connectivity index (χ2v) is 7.62. The van der Waals surface area contributed by atoms with Crippen molar-refractivity contribution >= 4 is 34.0 Å². The average molecular weight is 369 g/mol. The first-order valence-corrected chi connectivity index (χ1v) is 8.70. The number of methoxy groups -OCH3 is 1. The molecule has 1 aromatic rings. The van der Waals surface area contributed by atoms with Crippen LogP contribution in [0, 0.1) is 6.92 Å². The van der Waals surface area contributed by atoms with E-state index in [4.69, 9.17) is 16.3 Å². The van der Waals surface area contributed by atoms with Crippen LogP contribution in [0.4, 0.5) is 0 Å². The van der Waals surface area contributed by atoms with Gasteiger partial charge in [-0.15, -0.1) is 12.4 Å². The maximum Gasteiger partial charge on any atom is 0.243 e. The first kappa shape index (κ1) is 19.5. The third-order valence-corrected chi connectivity index (χ3v) is 6.44. The fraction of sp³-hybridized carbons (Fsp3) is 0.571. The second kappa shape index (κ2) is 7.36. The van der Waals surface area contributed by atoms with E-state index in [9.17, 15) is 8.42 Å². The Morgan fingerprint density at radius 2 is 2.00 bits per heavy atom. The van der Waals surface area contributed by atoms with Crippen molar-refractivity contribution < 1.29 is 13.2 Å². The van der Waals surface area contributed by atoms with Gasteiger partial charge in [-0.1, -0.05) is 11.6 Å². The van der Waals surface area contributed by atoms with Gasteiger partial charge in [0.15, 0.2) is 0 Å². The molecule has 1 aliphatic heterocycles. The zero-order chi connectivity index (χ0) is 15.8. The number of nitrogens with one attached hydrogen (secondary N) is 1. The number of aryl methyl sites for hydroxylation is 1. The van der Waals surface area contributed by atoms with Crippen molar-refractivity contribution in [1.82, 2.24) is 9.62 Å². The van der Waals surface area contributed by atoms with Crippen LogP contribution < -0.4 is 10.1 Å². The summed E-state index contributed by atoms with van der Waals surface area (Å²) in [5.41, 5.74) is 0.634. The Kier molecular flexibility index (Phi) is 6.53. The minimum atomic E-state index is -3.57. The maximum absolute atomic E-state index is 12.9. The molecule has 0 amide bonds. The molecule has 1 aromatic carbocycles. The Morgan fingerprint density at radius 3 is 2.59 bits per heavy atom. The molecule has 8 heteroatoms. The number of benzene rings is 1. The predicted octanol–water partition coefficient (Wildman–Crippen LogP) is 2.45. The van der Waals surface area contributed by atoms with Crippen molar-refractivity contribution in [2.24, 2.45) is 0 Å². The Bertz CT molecular complexity index is 637. The molecule has 1 fully saturated rings. The Labute approximate surface area is 143 Å². The van der Waals surface area contributed by atoms with Crippen LogP contribution in [0.25, 0.3) is 0 Å². The molecular weight excluding hydrogens is 347 g/mol. The zero-order valence-corrected chi connectivity index (χ0v) is 15.5. The van der Waals surface area contributed by atoms with Gasteiger partial charge in [-0.25, -0.2) is 8.42 Å². The van der Waals surface area contributed by atoms with E-state index in [1.165, 1.54) is 13.2 Å². The van der Waals surface area contributed by atoms with Crippen molar-refractivity contribution in [2.45, 2.75) is 37.8 Å². The molecule has 2 rings (SSSR count). The summed E-state index contributed by atoms with van der Waals surface area (Å²) in [6, 6.07) is 3.14. The van der Waals surface area contributed by atoms with Crippen LogP contribution in [0.2, 0.25) is 5.02 Å². The van der Waals surface area contributed by atoms with Crippen molar-refractivity contribution in [3.8, 4) is 5.75 Å². The third-order valence-electron chi connectivity index (χ3n) is 4.01. The van der Waals surface area contributed by atoms with Gasteiger partial charge in [-0.05, 0) is 38.5 Å². The summed E-state index contributed by atoms with van der Waals surface area (Å²) < 4.78 is 32.5. The number of sulfonamides is 1. The maximum atomic E-state index is 12.9. The van der Waals surface area contributed by atoms with Crippen LogP contribution in [0.1, 0.15) is 19.4 Å². The molecule has 1 N–H and O–H groups in total. The molecule has 0 saturated carbocycles. The van der Waals surface area contributed by atoms with Gasteiger partial charge in [0.2, 0.25) is 10.0 Å². The van der Waals surface area contributed by atoms with Crippen LogP contribution in [-0.2, 0) is 10.0 Å². The van der Waals surface area contributed by atoms with Crippen molar-refractivity contribution in [2.75, 3.05) is 20.2 Å². The fourth-order valence-electron chi connectivity index (χ4n) is 2.56. The summed E-state index contributed by atoms with van der Waals surface area (Å²) in [5, 5.41) is 3.58. The van der Waals surface area contributed by atoms with Crippen LogP contribution in [-0.4, -0.2) is 45.0 Å². The molecule has 5 nitrogen and oxygen atoms in total. The number of hydrogen-bond donors (Lipinski definition) is 1. The van der Waals surface area contributed by atoms with E-state index in [-0.39, 0.29) is 29.4 Å². The first-order chi connectivity index (χ1) is 9.78. The van der Waals surface area contributed by atoms with E-state index in [0.717, 1.165) is 0 Å². The number of hydrogen-bond acceptors (Lipinski definition) is 4.